The Morgan fingerprint density at radius 1 is 1.75 bits per heavy atom. The van der Waals surface area contributed by atoms with Crippen molar-refractivity contribution in [1.82, 2.24) is 5.43 Å². The van der Waals surface area contributed by atoms with Gasteiger partial charge in [0.05, 0.1) is 6.04 Å². The molecule has 0 rings (SSSR count). The summed E-state index contributed by atoms with van der Waals surface area (Å²) in [5.41, 5.74) is 2.80. The largest absolute Gasteiger partial charge is 0.338 e. The predicted molar refractivity (Wildman–Crippen MR) is 46.0 cm³/mol. The van der Waals surface area contributed by atoms with Gasteiger partial charge in [-0.05, 0) is 31.4 Å². The Labute approximate surface area is 75.7 Å². The Bertz CT molecular complexity index is 156. The summed E-state index contributed by atoms with van der Waals surface area (Å²) in [6, 6.07) is -1.20. The van der Waals surface area contributed by atoms with Crippen LogP contribution in [0.1, 0.15) is 19.8 Å². The van der Waals surface area contributed by atoms with Gasteiger partial charge in [-0.25, -0.2) is 5.43 Å². The molecule has 0 aromatic carbocycles. The molecular weight excluding hydrogens is 186 g/mol. The molecule has 0 saturated heterocycles. The summed E-state index contributed by atoms with van der Waals surface area (Å²) in [6.07, 6.45) is 0.666. The molecule has 0 heterocycles. The van der Waals surface area contributed by atoms with Gasteiger partial charge < -0.3 is 0 Å². The third-order valence-corrected chi connectivity index (χ3v) is 1.72. The number of rotatable bonds is 5. The summed E-state index contributed by atoms with van der Waals surface area (Å²) >= 11 is 4.78. The van der Waals surface area contributed by atoms with Gasteiger partial charge in [-0.2, -0.15) is 8.78 Å². The van der Waals surface area contributed by atoms with Crippen molar-refractivity contribution in [3.8, 4) is 0 Å². The fourth-order valence-corrected chi connectivity index (χ4v) is 0.904. The van der Waals surface area contributed by atoms with Crippen molar-refractivity contribution in [2.75, 3.05) is 0 Å². The fourth-order valence-electron chi connectivity index (χ4n) is 0.732. The van der Waals surface area contributed by atoms with Crippen LogP contribution in [-0.2, 0) is 0 Å². The highest BCUT2D eigenvalue weighted by Crippen LogP contribution is 2.26. The van der Waals surface area contributed by atoms with Crippen molar-refractivity contribution < 1.29 is 8.78 Å². The molecule has 1 unspecified atom stereocenters. The minimum Gasteiger partial charge on any atom is -0.271 e. The van der Waals surface area contributed by atoms with Gasteiger partial charge in [0.2, 0.25) is 0 Å². The van der Waals surface area contributed by atoms with Crippen molar-refractivity contribution in [3.05, 3.63) is 12.2 Å². The van der Waals surface area contributed by atoms with Crippen LogP contribution >= 0.6 is 11.6 Å². The maximum Gasteiger partial charge on any atom is 0.338 e. The van der Waals surface area contributed by atoms with Gasteiger partial charge in [0, 0.05) is 0 Å². The van der Waals surface area contributed by atoms with Crippen molar-refractivity contribution in [2.45, 2.75) is 31.2 Å². The van der Waals surface area contributed by atoms with Gasteiger partial charge in [0.25, 0.3) is 0 Å². The molecule has 0 bridgehead atoms. The number of hydrogen-bond donors (Lipinski definition) is 2. The van der Waals surface area contributed by atoms with E-state index in [1.165, 1.54) is 0 Å². The lowest BCUT2D eigenvalue weighted by atomic mass is 10.1. The average molecular weight is 199 g/mol. The van der Waals surface area contributed by atoms with E-state index in [4.69, 9.17) is 17.4 Å². The molecular formula is C7H13ClF2N2. The number of hydrazine groups is 1. The summed E-state index contributed by atoms with van der Waals surface area (Å²) in [5.74, 6) is 4.90. The van der Waals surface area contributed by atoms with E-state index >= 15 is 0 Å². The second-order valence-electron chi connectivity index (χ2n) is 2.76. The SMILES string of the molecule is C=C(C)CCC(NN)C(F)(F)Cl. The Kier molecular flexibility index (Phi) is 4.67. The molecule has 0 amide bonds. The van der Waals surface area contributed by atoms with Crippen LogP contribution in [0.2, 0.25) is 0 Å². The maximum absolute atomic E-state index is 12.4. The Morgan fingerprint density at radius 3 is 2.50 bits per heavy atom. The lowest BCUT2D eigenvalue weighted by molar-refractivity contribution is 0.0469. The quantitative estimate of drug-likeness (QED) is 0.307. The van der Waals surface area contributed by atoms with E-state index in [0.29, 0.717) is 6.42 Å². The smallest absolute Gasteiger partial charge is 0.271 e. The molecule has 0 radical (unpaired) electrons. The standard InChI is InChI=1S/C7H13ClF2N2/c1-5(2)3-4-6(12-11)7(8,9)10/h6,12H,1,3-4,11H2,2H3. The average Bonchev–Trinajstić information content (AvgIpc) is 1.85. The Balaban J connectivity index is 3.92. The molecule has 0 aliphatic rings. The van der Waals surface area contributed by atoms with Crippen LogP contribution in [-0.4, -0.2) is 11.4 Å². The lowest BCUT2D eigenvalue weighted by Gasteiger charge is -2.20. The number of alkyl halides is 3. The highest BCUT2D eigenvalue weighted by atomic mass is 35.5. The number of hydrogen-bond acceptors (Lipinski definition) is 2. The minimum atomic E-state index is -3.30. The van der Waals surface area contributed by atoms with E-state index in [9.17, 15) is 8.78 Å². The zero-order valence-electron chi connectivity index (χ0n) is 6.91. The molecule has 3 N–H and O–H groups in total. The third-order valence-electron chi connectivity index (χ3n) is 1.46. The van der Waals surface area contributed by atoms with Crippen LogP contribution in [0.5, 0.6) is 0 Å². The highest BCUT2D eigenvalue weighted by molar-refractivity contribution is 6.22. The first-order valence-electron chi connectivity index (χ1n) is 3.55. The fraction of sp³-hybridized carbons (Fsp3) is 0.714. The molecule has 2 nitrogen and oxygen atoms in total. The van der Waals surface area contributed by atoms with Crippen LogP contribution < -0.4 is 11.3 Å². The molecule has 5 heteroatoms. The molecule has 0 aromatic rings. The monoisotopic (exact) mass is 198 g/mol. The van der Waals surface area contributed by atoms with Gasteiger partial charge in [-0.3, -0.25) is 5.84 Å². The van der Waals surface area contributed by atoms with E-state index < -0.39 is 11.4 Å². The lowest BCUT2D eigenvalue weighted by Crippen LogP contribution is -2.45. The van der Waals surface area contributed by atoms with Gasteiger partial charge >= 0.3 is 5.38 Å². The highest BCUT2D eigenvalue weighted by Gasteiger charge is 2.35. The number of allylic oxidation sites excluding steroid dienone is 1. The van der Waals surface area contributed by atoms with Crippen molar-refractivity contribution >= 4 is 11.6 Å². The van der Waals surface area contributed by atoms with Crippen molar-refractivity contribution in [2.24, 2.45) is 5.84 Å². The summed E-state index contributed by atoms with van der Waals surface area (Å²) < 4.78 is 24.9. The molecule has 0 spiro atoms. The first kappa shape index (κ1) is 11.8. The maximum atomic E-state index is 12.4. The molecule has 1 atom stereocenters. The molecule has 0 aliphatic heterocycles. The van der Waals surface area contributed by atoms with Crippen LogP contribution in [0.3, 0.4) is 0 Å². The minimum absolute atomic E-state index is 0.183. The van der Waals surface area contributed by atoms with Gasteiger partial charge in [-0.15, -0.1) is 6.58 Å². The molecule has 72 valence electrons. The Hall–Kier alpha value is -0.190. The van der Waals surface area contributed by atoms with Crippen LogP contribution in [0.25, 0.3) is 0 Å². The van der Waals surface area contributed by atoms with E-state index in [1.54, 1.807) is 6.92 Å². The summed E-state index contributed by atoms with van der Waals surface area (Å²) in [4.78, 5) is 0. The van der Waals surface area contributed by atoms with Gasteiger partial charge in [-0.1, -0.05) is 5.57 Å². The first-order valence-corrected chi connectivity index (χ1v) is 3.93. The van der Waals surface area contributed by atoms with Crippen molar-refractivity contribution in [3.63, 3.8) is 0 Å². The molecule has 0 saturated carbocycles. The number of halogens is 3. The van der Waals surface area contributed by atoms with Crippen molar-refractivity contribution in [1.29, 1.82) is 0 Å². The molecule has 0 aliphatic carbocycles. The third kappa shape index (κ3) is 4.64. The summed E-state index contributed by atoms with van der Waals surface area (Å²) in [7, 11) is 0. The van der Waals surface area contributed by atoms with E-state index in [0.717, 1.165) is 5.57 Å². The zero-order chi connectivity index (χ0) is 9.78. The molecule has 0 aromatic heterocycles. The second kappa shape index (κ2) is 4.74. The summed E-state index contributed by atoms with van der Waals surface area (Å²) in [6.45, 7) is 5.35. The number of nitrogens with two attached hydrogens (primary N) is 1. The summed E-state index contributed by atoms with van der Waals surface area (Å²) in [5, 5.41) is -3.30. The normalized spacial score (nSPS) is 14.4. The van der Waals surface area contributed by atoms with Gasteiger partial charge in [0.15, 0.2) is 0 Å². The van der Waals surface area contributed by atoms with Crippen LogP contribution in [0, 0.1) is 0 Å². The topological polar surface area (TPSA) is 38.0 Å². The molecule has 12 heavy (non-hydrogen) atoms. The van der Waals surface area contributed by atoms with E-state index in [1.807, 2.05) is 5.43 Å². The first-order chi connectivity index (χ1) is 5.38. The van der Waals surface area contributed by atoms with E-state index in [-0.39, 0.29) is 6.42 Å². The number of nitrogens with one attached hydrogen (secondary N) is 1. The second-order valence-corrected chi connectivity index (χ2v) is 3.26. The molecule has 0 fully saturated rings. The predicted octanol–water partition coefficient (Wildman–Crippen LogP) is 2.01. The van der Waals surface area contributed by atoms with E-state index in [2.05, 4.69) is 6.58 Å². The zero-order valence-corrected chi connectivity index (χ0v) is 7.67. The van der Waals surface area contributed by atoms with Gasteiger partial charge in [0.1, 0.15) is 0 Å². The Morgan fingerprint density at radius 2 is 2.25 bits per heavy atom. The van der Waals surface area contributed by atoms with Crippen LogP contribution in [0.15, 0.2) is 12.2 Å². The van der Waals surface area contributed by atoms with Crippen LogP contribution in [0.4, 0.5) is 8.78 Å².